The van der Waals surface area contributed by atoms with E-state index in [9.17, 15) is 0 Å². The molecular weight excluding hydrogens is 258 g/mol. The maximum Gasteiger partial charge on any atom is 0.203 e. The van der Waals surface area contributed by atoms with Gasteiger partial charge in [-0.3, -0.25) is 0 Å². The topological polar surface area (TPSA) is 49.0 Å². The van der Waals surface area contributed by atoms with Crippen LogP contribution in [0.5, 0.6) is 23.0 Å². The van der Waals surface area contributed by atoms with E-state index in [4.69, 9.17) is 18.9 Å². The SMILES string of the molecule is CCC(C)(CNC)Oc1cc(OC)c(OC)c(OC)c1. The van der Waals surface area contributed by atoms with Crippen molar-refractivity contribution < 1.29 is 18.9 Å². The Morgan fingerprint density at radius 2 is 1.60 bits per heavy atom. The molecule has 1 atom stereocenters. The summed E-state index contributed by atoms with van der Waals surface area (Å²) in [5.41, 5.74) is -0.292. The van der Waals surface area contributed by atoms with Crippen LogP contribution in [-0.2, 0) is 0 Å². The number of hydrogen-bond acceptors (Lipinski definition) is 5. The zero-order chi connectivity index (χ0) is 15.2. The Kier molecular flexibility index (Phi) is 5.95. The molecule has 1 unspecified atom stereocenters. The van der Waals surface area contributed by atoms with Gasteiger partial charge in [0.05, 0.1) is 21.3 Å². The molecule has 20 heavy (non-hydrogen) atoms. The van der Waals surface area contributed by atoms with Gasteiger partial charge in [0.25, 0.3) is 0 Å². The van der Waals surface area contributed by atoms with E-state index < -0.39 is 0 Å². The van der Waals surface area contributed by atoms with Crippen molar-refractivity contribution in [2.24, 2.45) is 0 Å². The molecule has 5 heteroatoms. The van der Waals surface area contributed by atoms with Crippen LogP contribution in [0.2, 0.25) is 0 Å². The molecule has 5 nitrogen and oxygen atoms in total. The molecule has 0 spiro atoms. The number of benzene rings is 1. The van der Waals surface area contributed by atoms with Gasteiger partial charge in [-0.05, 0) is 20.4 Å². The Morgan fingerprint density at radius 3 is 1.95 bits per heavy atom. The summed E-state index contributed by atoms with van der Waals surface area (Å²) in [5, 5.41) is 3.15. The highest BCUT2D eigenvalue weighted by Gasteiger charge is 2.25. The molecule has 1 aromatic rings. The molecule has 0 aliphatic carbocycles. The highest BCUT2D eigenvalue weighted by Crippen LogP contribution is 2.41. The molecule has 1 N–H and O–H groups in total. The quantitative estimate of drug-likeness (QED) is 0.794. The number of methoxy groups -OCH3 is 3. The second kappa shape index (κ2) is 7.24. The third-order valence-electron chi connectivity index (χ3n) is 3.30. The summed E-state index contributed by atoms with van der Waals surface area (Å²) in [4.78, 5) is 0. The number of rotatable bonds is 8. The summed E-state index contributed by atoms with van der Waals surface area (Å²) in [6.45, 7) is 4.90. The highest BCUT2D eigenvalue weighted by atomic mass is 16.5. The van der Waals surface area contributed by atoms with E-state index in [1.807, 2.05) is 19.2 Å². The molecule has 0 aliphatic heterocycles. The first kappa shape index (κ1) is 16.4. The maximum absolute atomic E-state index is 6.10. The average molecular weight is 283 g/mol. The second-order valence-electron chi connectivity index (χ2n) is 4.80. The molecule has 0 aromatic heterocycles. The minimum absolute atomic E-state index is 0.292. The lowest BCUT2D eigenvalue weighted by Crippen LogP contribution is -2.41. The molecule has 0 radical (unpaired) electrons. The van der Waals surface area contributed by atoms with E-state index >= 15 is 0 Å². The normalized spacial score (nSPS) is 13.5. The monoisotopic (exact) mass is 283 g/mol. The predicted octanol–water partition coefficient (Wildman–Crippen LogP) is 2.48. The summed E-state index contributed by atoms with van der Waals surface area (Å²) >= 11 is 0. The van der Waals surface area contributed by atoms with Crippen LogP contribution in [0.1, 0.15) is 20.3 Å². The lowest BCUT2D eigenvalue weighted by atomic mass is 10.0. The highest BCUT2D eigenvalue weighted by molar-refractivity contribution is 5.56. The predicted molar refractivity (Wildman–Crippen MR) is 79.3 cm³/mol. The van der Waals surface area contributed by atoms with E-state index in [1.165, 1.54) is 0 Å². The molecule has 1 aromatic carbocycles. The first-order chi connectivity index (χ1) is 9.53. The van der Waals surface area contributed by atoms with Crippen molar-refractivity contribution in [2.75, 3.05) is 34.9 Å². The molecule has 0 aliphatic rings. The van der Waals surface area contributed by atoms with Crippen LogP contribution >= 0.6 is 0 Å². The zero-order valence-electron chi connectivity index (χ0n) is 13.2. The van der Waals surface area contributed by atoms with Gasteiger partial charge in [-0.25, -0.2) is 0 Å². The fraction of sp³-hybridized carbons (Fsp3) is 0.600. The summed E-state index contributed by atoms with van der Waals surface area (Å²) in [6, 6.07) is 3.62. The molecule has 0 amide bonds. The zero-order valence-corrected chi connectivity index (χ0v) is 13.2. The van der Waals surface area contributed by atoms with Crippen LogP contribution in [0.25, 0.3) is 0 Å². The van der Waals surface area contributed by atoms with Crippen LogP contribution in [0.15, 0.2) is 12.1 Å². The fourth-order valence-electron chi connectivity index (χ4n) is 2.01. The molecular formula is C15H25NO4. The summed E-state index contributed by atoms with van der Waals surface area (Å²) < 4.78 is 22.1. The largest absolute Gasteiger partial charge is 0.493 e. The summed E-state index contributed by atoms with van der Waals surface area (Å²) in [6.07, 6.45) is 0.879. The Hall–Kier alpha value is -1.62. The number of hydrogen-bond donors (Lipinski definition) is 1. The Bertz CT molecular complexity index is 411. The van der Waals surface area contributed by atoms with Gasteiger partial charge in [0, 0.05) is 18.7 Å². The third-order valence-corrected chi connectivity index (χ3v) is 3.30. The summed E-state index contributed by atoms with van der Waals surface area (Å²) in [5.74, 6) is 2.43. The third kappa shape index (κ3) is 3.70. The number of likely N-dealkylation sites (N-methyl/N-ethyl adjacent to an activating group) is 1. The van der Waals surface area contributed by atoms with Crippen LogP contribution < -0.4 is 24.3 Å². The number of ether oxygens (including phenoxy) is 4. The van der Waals surface area contributed by atoms with Crippen molar-refractivity contribution in [1.82, 2.24) is 5.32 Å². The van der Waals surface area contributed by atoms with Crippen molar-refractivity contribution in [3.8, 4) is 23.0 Å². The summed E-state index contributed by atoms with van der Waals surface area (Å²) in [7, 11) is 6.67. The smallest absolute Gasteiger partial charge is 0.203 e. The van der Waals surface area contributed by atoms with Crippen molar-refractivity contribution in [2.45, 2.75) is 25.9 Å². The van der Waals surface area contributed by atoms with Gasteiger partial charge < -0.3 is 24.3 Å². The Morgan fingerprint density at radius 1 is 1.05 bits per heavy atom. The van der Waals surface area contributed by atoms with Crippen LogP contribution in [0.3, 0.4) is 0 Å². The molecule has 0 saturated heterocycles. The Balaban J connectivity index is 3.13. The Labute approximate surface area is 121 Å². The van der Waals surface area contributed by atoms with Crippen molar-refractivity contribution >= 4 is 0 Å². The van der Waals surface area contributed by atoms with E-state index in [0.29, 0.717) is 23.0 Å². The number of nitrogens with one attached hydrogen (secondary N) is 1. The van der Waals surface area contributed by atoms with E-state index in [2.05, 4.69) is 19.2 Å². The van der Waals surface area contributed by atoms with E-state index in [1.54, 1.807) is 21.3 Å². The first-order valence-corrected chi connectivity index (χ1v) is 6.67. The average Bonchev–Trinajstić information content (AvgIpc) is 2.46. The molecule has 0 fully saturated rings. The van der Waals surface area contributed by atoms with Gasteiger partial charge in [-0.1, -0.05) is 6.92 Å². The standard InChI is InChI=1S/C15H25NO4/c1-7-15(2,10-16-3)20-11-8-12(17-4)14(19-6)13(9-11)18-5/h8-9,16H,7,10H2,1-6H3. The van der Waals surface area contributed by atoms with Crippen LogP contribution in [0, 0.1) is 0 Å². The van der Waals surface area contributed by atoms with Gasteiger partial charge in [0.15, 0.2) is 11.5 Å². The van der Waals surface area contributed by atoms with Gasteiger partial charge in [0.2, 0.25) is 5.75 Å². The minimum Gasteiger partial charge on any atom is -0.493 e. The molecule has 0 bridgehead atoms. The van der Waals surface area contributed by atoms with Crippen LogP contribution in [-0.4, -0.2) is 40.5 Å². The molecule has 114 valence electrons. The van der Waals surface area contributed by atoms with Crippen molar-refractivity contribution in [1.29, 1.82) is 0 Å². The first-order valence-electron chi connectivity index (χ1n) is 6.67. The van der Waals surface area contributed by atoms with E-state index in [-0.39, 0.29) is 5.60 Å². The molecule has 0 heterocycles. The fourth-order valence-corrected chi connectivity index (χ4v) is 2.01. The lowest BCUT2D eigenvalue weighted by molar-refractivity contribution is 0.0850. The van der Waals surface area contributed by atoms with E-state index in [0.717, 1.165) is 13.0 Å². The maximum atomic E-state index is 6.10. The van der Waals surface area contributed by atoms with Crippen molar-refractivity contribution in [3.05, 3.63) is 12.1 Å². The van der Waals surface area contributed by atoms with Gasteiger partial charge in [0.1, 0.15) is 11.4 Å². The molecule has 0 saturated carbocycles. The lowest BCUT2D eigenvalue weighted by Gasteiger charge is -2.30. The van der Waals surface area contributed by atoms with Gasteiger partial charge in [-0.2, -0.15) is 0 Å². The minimum atomic E-state index is -0.292. The van der Waals surface area contributed by atoms with Crippen LogP contribution in [0.4, 0.5) is 0 Å². The molecule has 1 rings (SSSR count). The second-order valence-corrected chi connectivity index (χ2v) is 4.80. The van der Waals surface area contributed by atoms with Gasteiger partial charge in [-0.15, -0.1) is 0 Å². The van der Waals surface area contributed by atoms with Crippen molar-refractivity contribution in [3.63, 3.8) is 0 Å². The van der Waals surface area contributed by atoms with Gasteiger partial charge >= 0.3 is 0 Å².